The lowest BCUT2D eigenvalue weighted by atomic mass is 10.1. The van der Waals surface area contributed by atoms with Crippen LogP contribution in [0.15, 0.2) is 22.6 Å². The van der Waals surface area contributed by atoms with E-state index < -0.39 is 0 Å². The predicted molar refractivity (Wildman–Crippen MR) is 98.8 cm³/mol. The molecule has 1 saturated carbocycles. The molecule has 2 heterocycles. The Morgan fingerprint density at radius 2 is 2.08 bits per heavy atom. The molecule has 4 rings (SSSR count). The van der Waals surface area contributed by atoms with Gasteiger partial charge in [-0.15, -0.1) is 0 Å². The fourth-order valence-electron chi connectivity index (χ4n) is 3.99. The van der Waals surface area contributed by atoms with Crippen molar-refractivity contribution in [2.45, 2.75) is 57.9 Å². The van der Waals surface area contributed by atoms with Crippen molar-refractivity contribution >= 4 is 28.6 Å². The molecule has 2 amide bonds. The van der Waals surface area contributed by atoms with Crippen LogP contribution in [-0.4, -0.2) is 34.3 Å². The van der Waals surface area contributed by atoms with Crippen LogP contribution in [0.4, 0.5) is 5.69 Å². The first-order valence-electron chi connectivity index (χ1n) is 9.52. The van der Waals surface area contributed by atoms with Gasteiger partial charge in [0.15, 0.2) is 11.5 Å². The Bertz CT molecular complexity index is 836. The smallest absolute Gasteiger partial charge is 0.229 e. The summed E-state index contributed by atoms with van der Waals surface area (Å²) in [6.45, 7) is 4.60. The van der Waals surface area contributed by atoms with Crippen LogP contribution < -0.4 is 5.32 Å². The number of fused-ring (bicyclic) bond motifs is 1. The quantitative estimate of drug-likeness (QED) is 0.908. The van der Waals surface area contributed by atoms with E-state index in [0.29, 0.717) is 30.6 Å². The Morgan fingerprint density at radius 3 is 2.81 bits per heavy atom. The van der Waals surface area contributed by atoms with E-state index in [1.807, 2.05) is 36.9 Å². The second-order valence-corrected chi connectivity index (χ2v) is 7.76. The summed E-state index contributed by atoms with van der Waals surface area (Å²) in [6.07, 6.45) is 4.82. The molecule has 138 valence electrons. The third kappa shape index (κ3) is 3.20. The molecule has 0 spiro atoms. The monoisotopic (exact) mass is 355 g/mol. The van der Waals surface area contributed by atoms with Gasteiger partial charge in [0.05, 0.1) is 5.92 Å². The van der Waals surface area contributed by atoms with Gasteiger partial charge in [0, 0.05) is 30.6 Å². The van der Waals surface area contributed by atoms with Crippen molar-refractivity contribution in [1.29, 1.82) is 0 Å². The molecular formula is C20H25N3O3. The highest BCUT2D eigenvalue weighted by Gasteiger charge is 2.38. The average Bonchev–Trinajstić information content (AvgIpc) is 3.32. The number of nitrogens with one attached hydrogen (secondary N) is 1. The largest absolute Gasteiger partial charge is 0.440 e. The number of nitrogens with zero attached hydrogens (tertiary/aromatic N) is 2. The van der Waals surface area contributed by atoms with E-state index in [4.69, 9.17) is 4.42 Å². The van der Waals surface area contributed by atoms with Gasteiger partial charge in [-0.1, -0.05) is 26.7 Å². The van der Waals surface area contributed by atoms with Gasteiger partial charge in [-0.2, -0.15) is 0 Å². The topological polar surface area (TPSA) is 75.4 Å². The van der Waals surface area contributed by atoms with Crippen LogP contribution in [0.1, 0.15) is 57.8 Å². The highest BCUT2D eigenvalue weighted by atomic mass is 16.3. The van der Waals surface area contributed by atoms with Gasteiger partial charge < -0.3 is 14.6 Å². The number of oxazole rings is 1. The van der Waals surface area contributed by atoms with Crippen molar-refractivity contribution < 1.29 is 14.0 Å². The molecule has 0 bridgehead atoms. The summed E-state index contributed by atoms with van der Waals surface area (Å²) in [7, 11) is 0. The van der Waals surface area contributed by atoms with Gasteiger partial charge in [-0.25, -0.2) is 4.98 Å². The third-order valence-corrected chi connectivity index (χ3v) is 5.46. The van der Waals surface area contributed by atoms with Gasteiger partial charge in [-0.3, -0.25) is 9.59 Å². The zero-order valence-corrected chi connectivity index (χ0v) is 15.3. The molecule has 1 aliphatic carbocycles. The van der Waals surface area contributed by atoms with E-state index >= 15 is 0 Å². The number of hydrogen-bond donors (Lipinski definition) is 1. The minimum absolute atomic E-state index is 0.0919. The van der Waals surface area contributed by atoms with Crippen molar-refractivity contribution in [3.8, 4) is 0 Å². The maximum atomic E-state index is 12.6. The fraction of sp³-hybridized carbons (Fsp3) is 0.550. The van der Waals surface area contributed by atoms with E-state index in [-0.39, 0.29) is 23.7 Å². The van der Waals surface area contributed by atoms with Crippen molar-refractivity contribution in [2.24, 2.45) is 5.92 Å². The van der Waals surface area contributed by atoms with E-state index in [1.165, 1.54) is 12.8 Å². The second-order valence-electron chi connectivity index (χ2n) is 7.76. The molecule has 1 atom stereocenters. The lowest BCUT2D eigenvalue weighted by Gasteiger charge is -2.23. The SMILES string of the molecule is CC(C)c1nc2cc(NC(=O)C3CC(=O)N(C4CCCC4)C3)ccc2o1. The molecule has 2 aliphatic rings. The molecule has 2 fully saturated rings. The van der Waals surface area contributed by atoms with Gasteiger partial charge in [0.25, 0.3) is 0 Å². The molecule has 26 heavy (non-hydrogen) atoms. The van der Waals surface area contributed by atoms with Crippen LogP contribution in [0.3, 0.4) is 0 Å². The average molecular weight is 355 g/mol. The maximum Gasteiger partial charge on any atom is 0.229 e. The Kier molecular flexibility index (Phi) is 4.42. The van der Waals surface area contributed by atoms with Crippen molar-refractivity contribution in [3.05, 3.63) is 24.1 Å². The van der Waals surface area contributed by atoms with Crippen molar-refractivity contribution in [3.63, 3.8) is 0 Å². The third-order valence-electron chi connectivity index (χ3n) is 5.46. The highest BCUT2D eigenvalue weighted by molar-refractivity contribution is 5.98. The first-order valence-corrected chi connectivity index (χ1v) is 9.52. The lowest BCUT2D eigenvalue weighted by molar-refractivity contribution is -0.129. The van der Waals surface area contributed by atoms with E-state index in [9.17, 15) is 9.59 Å². The molecule has 0 radical (unpaired) electrons. The molecule has 1 saturated heterocycles. The number of benzene rings is 1. The van der Waals surface area contributed by atoms with E-state index in [0.717, 1.165) is 23.9 Å². The van der Waals surface area contributed by atoms with Crippen LogP contribution in [0.2, 0.25) is 0 Å². The number of carbonyl (C=O) groups is 2. The molecule has 2 aromatic rings. The molecule has 1 aromatic carbocycles. The van der Waals surface area contributed by atoms with Crippen molar-refractivity contribution in [2.75, 3.05) is 11.9 Å². The molecule has 6 nitrogen and oxygen atoms in total. The number of anilines is 1. The Hall–Kier alpha value is -2.37. The molecule has 6 heteroatoms. The first-order chi connectivity index (χ1) is 12.5. The Labute approximate surface area is 152 Å². The lowest BCUT2D eigenvalue weighted by Crippen LogP contribution is -2.35. The van der Waals surface area contributed by atoms with Crippen LogP contribution in [0.5, 0.6) is 0 Å². The Morgan fingerprint density at radius 1 is 1.31 bits per heavy atom. The molecule has 1 unspecified atom stereocenters. The molecule has 1 N–H and O–H groups in total. The summed E-state index contributed by atoms with van der Waals surface area (Å²) >= 11 is 0. The summed E-state index contributed by atoms with van der Waals surface area (Å²) < 4.78 is 5.70. The van der Waals surface area contributed by atoms with Gasteiger partial charge in [0.2, 0.25) is 11.8 Å². The van der Waals surface area contributed by atoms with Crippen molar-refractivity contribution in [1.82, 2.24) is 9.88 Å². The molecule has 1 aliphatic heterocycles. The number of aromatic nitrogens is 1. The highest BCUT2D eigenvalue weighted by Crippen LogP contribution is 2.30. The number of amides is 2. The van der Waals surface area contributed by atoms with E-state index in [2.05, 4.69) is 10.3 Å². The summed E-state index contributed by atoms with van der Waals surface area (Å²) in [6, 6.07) is 5.81. The molecule has 1 aromatic heterocycles. The summed E-state index contributed by atoms with van der Waals surface area (Å²) in [5.74, 6) is 0.655. The van der Waals surface area contributed by atoms with Gasteiger partial charge in [0.1, 0.15) is 5.52 Å². The van der Waals surface area contributed by atoms with Gasteiger partial charge >= 0.3 is 0 Å². The zero-order chi connectivity index (χ0) is 18.3. The van der Waals surface area contributed by atoms with Crippen LogP contribution >= 0.6 is 0 Å². The zero-order valence-electron chi connectivity index (χ0n) is 15.3. The first kappa shape index (κ1) is 17.1. The summed E-state index contributed by atoms with van der Waals surface area (Å²) in [5, 5.41) is 2.95. The summed E-state index contributed by atoms with van der Waals surface area (Å²) in [5.41, 5.74) is 2.15. The van der Waals surface area contributed by atoms with Crippen LogP contribution in [-0.2, 0) is 9.59 Å². The maximum absolute atomic E-state index is 12.6. The number of carbonyl (C=O) groups excluding carboxylic acids is 2. The normalized spacial score (nSPS) is 21.3. The second kappa shape index (κ2) is 6.74. The minimum atomic E-state index is -0.276. The number of hydrogen-bond acceptors (Lipinski definition) is 4. The van der Waals surface area contributed by atoms with Crippen LogP contribution in [0.25, 0.3) is 11.1 Å². The summed E-state index contributed by atoms with van der Waals surface area (Å²) in [4.78, 5) is 31.3. The van der Waals surface area contributed by atoms with Crippen LogP contribution in [0, 0.1) is 5.92 Å². The molecular weight excluding hydrogens is 330 g/mol. The van der Waals surface area contributed by atoms with Gasteiger partial charge in [-0.05, 0) is 31.0 Å². The fourth-order valence-corrected chi connectivity index (χ4v) is 3.99. The minimum Gasteiger partial charge on any atom is -0.440 e. The van der Waals surface area contributed by atoms with E-state index in [1.54, 1.807) is 0 Å². The standard InChI is InChI=1S/C20H25N3O3/c1-12(2)20-22-16-10-14(7-8-17(16)26-20)21-19(25)13-9-18(24)23(11-13)15-5-3-4-6-15/h7-8,10,12-13,15H,3-6,9,11H2,1-2H3,(H,21,25). The Balaban J connectivity index is 1.44. The number of likely N-dealkylation sites (tertiary alicyclic amines) is 1. The number of rotatable bonds is 4. The predicted octanol–water partition coefficient (Wildman–Crippen LogP) is 3.68.